The molecule has 1 aliphatic rings. The van der Waals surface area contributed by atoms with Crippen LogP contribution in [0.15, 0.2) is 86.7 Å². The zero-order valence-electron chi connectivity index (χ0n) is 14.8. The van der Waals surface area contributed by atoms with Crippen LogP contribution < -0.4 is 10.2 Å². The van der Waals surface area contributed by atoms with Crippen LogP contribution in [0.5, 0.6) is 0 Å². The maximum atomic E-state index is 14.2. The molecule has 1 aromatic heterocycles. The first kappa shape index (κ1) is 19.1. The van der Waals surface area contributed by atoms with Crippen LogP contribution in [0.1, 0.15) is 5.76 Å². The number of amides is 2. The Hall–Kier alpha value is -3.23. The molecule has 0 radical (unpaired) electrons. The van der Waals surface area contributed by atoms with Gasteiger partial charge in [-0.3, -0.25) is 14.9 Å². The summed E-state index contributed by atoms with van der Waals surface area (Å²) in [5, 5.41) is 2.84. The van der Waals surface area contributed by atoms with Gasteiger partial charge in [-0.2, -0.15) is 0 Å². The highest BCUT2D eigenvalue weighted by Gasteiger charge is 2.35. The first-order valence-electron chi connectivity index (χ1n) is 8.51. The van der Waals surface area contributed by atoms with E-state index in [2.05, 4.69) is 5.32 Å². The molecule has 8 heteroatoms. The van der Waals surface area contributed by atoms with Gasteiger partial charge < -0.3 is 4.42 Å². The smallest absolute Gasteiger partial charge is 0.270 e. The van der Waals surface area contributed by atoms with Gasteiger partial charge in [-0.05, 0) is 54.7 Å². The zero-order valence-corrected chi connectivity index (χ0v) is 16.4. The maximum absolute atomic E-state index is 14.2. The van der Waals surface area contributed by atoms with E-state index < -0.39 is 17.6 Å². The van der Waals surface area contributed by atoms with Crippen molar-refractivity contribution in [1.82, 2.24) is 5.32 Å². The molecule has 29 heavy (non-hydrogen) atoms. The van der Waals surface area contributed by atoms with Crippen molar-refractivity contribution >= 4 is 52.7 Å². The van der Waals surface area contributed by atoms with E-state index >= 15 is 0 Å². The minimum Gasteiger partial charge on any atom is -0.450 e. The standard InChI is InChI=1S/C21H13FN2O3S2/c22-16-8-4-5-9-17(16)24-20(26)15(19(25)23-21(24)28)12-13-10-11-18(27-13)29-14-6-2-1-3-7-14/h1-12H,(H,23,25,28)/b15-12-. The number of hydrogen-bond acceptors (Lipinski definition) is 5. The molecule has 0 saturated carbocycles. The van der Waals surface area contributed by atoms with Crippen molar-refractivity contribution in [3.63, 3.8) is 0 Å². The second-order valence-electron chi connectivity index (χ2n) is 5.98. The number of thiocarbonyl (C=S) groups is 1. The van der Waals surface area contributed by atoms with E-state index in [9.17, 15) is 14.0 Å². The second kappa shape index (κ2) is 8.02. The molecule has 3 aromatic rings. The summed E-state index contributed by atoms with van der Waals surface area (Å²) in [6, 6.07) is 18.7. The summed E-state index contributed by atoms with van der Waals surface area (Å²) < 4.78 is 19.9. The van der Waals surface area contributed by atoms with Gasteiger partial charge in [0.2, 0.25) is 0 Å². The monoisotopic (exact) mass is 424 g/mol. The summed E-state index contributed by atoms with van der Waals surface area (Å²) in [5.74, 6) is -1.69. The summed E-state index contributed by atoms with van der Waals surface area (Å²) in [6.45, 7) is 0. The van der Waals surface area contributed by atoms with Crippen LogP contribution in [0, 0.1) is 5.82 Å². The molecule has 1 aliphatic heterocycles. The molecule has 0 bridgehead atoms. The third-order valence-corrected chi connectivity index (χ3v) is 5.26. The molecule has 2 aromatic carbocycles. The van der Waals surface area contributed by atoms with Gasteiger partial charge in [0.1, 0.15) is 17.2 Å². The summed E-state index contributed by atoms with van der Waals surface area (Å²) in [6.07, 6.45) is 1.32. The summed E-state index contributed by atoms with van der Waals surface area (Å²) in [4.78, 5) is 27.2. The topological polar surface area (TPSA) is 62.6 Å². The molecule has 144 valence electrons. The van der Waals surface area contributed by atoms with Gasteiger partial charge in [0.15, 0.2) is 10.2 Å². The van der Waals surface area contributed by atoms with Crippen LogP contribution in [0.25, 0.3) is 6.08 Å². The SMILES string of the molecule is O=C1NC(=S)N(c2ccccc2F)C(=O)/C1=C\c1ccc(Sc2ccccc2)o1. The Morgan fingerprint density at radius 2 is 1.72 bits per heavy atom. The largest absolute Gasteiger partial charge is 0.450 e. The molecule has 2 heterocycles. The number of para-hydroxylation sites is 1. The third kappa shape index (κ3) is 3.98. The first-order chi connectivity index (χ1) is 14.0. The quantitative estimate of drug-likeness (QED) is 0.382. The number of benzene rings is 2. The number of nitrogens with zero attached hydrogens (tertiary/aromatic N) is 1. The Labute approximate surface area is 175 Å². The summed E-state index contributed by atoms with van der Waals surface area (Å²) >= 11 is 6.48. The molecule has 0 aliphatic carbocycles. The fourth-order valence-electron chi connectivity index (χ4n) is 2.72. The molecular formula is C21H13FN2O3S2. The van der Waals surface area contributed by atoms with Crippen LogP contribution in [-0.2, 0) is 9.59 Å². The molecule has 1 saturated heterocycles. The van der Waals surface area contributed by atoms with Crippen LogP contribution in [-0.4, -0.2) is 16.9 Å². The highest BCUT2D eigenvalue weighted by atomic mass is 32.2. The van der Waals surface area contributed by atoms with Crippen molar-refractivity contribution in [2.75, 3.05) is 4.90 Å². The van der Waals surface area contributed by atoms with Crippen molar-refractivity contribution in [2.45, 2.75) is 9.99 Å². The number of hydrogen-bond donors (Lipinski definition) is 1. The number of furan rings is 1. The number of carbonyl (C=O) groups is 2. The molecule has 5 nitrogen and oxygen atoms in total. The van der Waals surface area contributed by atoms with Crippen LogP contribution in [0.2, 0.25) is 0 Å². The van der Waals surface area contributed by atoms with Crippen molar-refractivity contribution in [1.29, 1.82) is 0 Å². The Bertz CT molecular complexity index is 1140. The Morgan fingerprint density at radius 3 is 2.48 bits per heavy atom. The molecular weight excluding hydrogens is 411 g/mol. The van der Waals surface area contributed by atoms with Gasteiger partial charge in [0.05, 0.1) is 5.69 Å². The van der Waals surface area contributed by atoms with E-state index in [0.717, 1.165) is 9.80 Å². The predicted octanol–water partition coefficient (Wildman–Crippen LogP) is 4.40. The Morgan fingerprint density at radius 1 is 1.00 bits per heavy atom. The average Bonchev–Trinajstić information content (AvgIpc) is 3.14. The van der Waals surface area contributed by atoms with Crippen molar-refractivity contribution in [3.05, 3.63) is 83.9 Å². The number of rotatable bonds is 4. The lowest BCUT2D eigenvalue weighted by atomic mass is 10.1. The van der Waals surface area contributed by atoms with Gasteiger partial charge in [-0.1, -0.05) is 42.1 Å². The van der Waals surface area contributed by atoms with Crippen molar-refractivity contribution < 1.29 is 18.4 Å². The number of halogens is 1. The van der Waals surface area contributed by atoms with Crippen molar-refractivity contribution in [2.24, 2.45) is 0 Å². The predicted molar refractivity (Wildman–Crippen MR) is 112 cm³/mol. The second-order valence-corrected chi connectivity index (χ2v) is 7.45. The molecule has 0 unspecified atom stereocenters. The van der Waals surface area contributed by atoms with Gasteiger partial charge in [0, 0.05) is 4.90 Å². The minimum atomic E-state index is -0.725. The number of carbonyl (C=O) groups excluding carboxylic acids is 2. The van der Waals surface area contributed by atoms with Gasteiger partial charge in [-0.25, -0.2) is 9.29 Å². The van der Waals surface area contributed by atoms with Crippen LogP contribution >= 0.6 is 24.0 Å². The Kier molecular flexibility index (Phi) is 5.28. The Balaban J connectivity index is 1.63. The lowest BCUT2D eigenvalue weighted by Gasteiger charge is -2.28. The highest BCUT2D eigenvalue weighted by Crippen LogP contribution is 2.30. The van der Waals surface area contributed by atoms with E-state index in [4.69, 9.17) is 16.6 Å². The van der Waals surface area contributed by atoms with E-state index in [-0.39, 0.29) is 16.4 Å². The fourth-order valence-corrected chi connectivity index (χ4v) is 3.80. The highest BCUT2D eigenvalue weighted by molar-refractivity contribution is 7.99. The van der Waals surface area contributed by atoms with Crippen molar-refractivity contribution in [3.8, 4) is 0 Å². The first-order valence-corrected chi connectivity index (χ1v) is 9.74. The van der Waals surface area contributed by atoms with Gasteiger partial charge in [0.25, 0.3) is 11.8 Å². The molecule has 0 atom stereocenters. The normalized spacial score (nSPS) is 15.7. The summed E-state index contributed by atoms with van der Waals surface area (Å²) in [7, 11) is 0. The fraction of sp³-hybridized carbons (Fsp3) is 0. The molecule has 0 spiro atoms. The molecule has 4 rings (SSSR count). The minimum absolute atomic E-state index is 0.0341. The molecule has 1 fully saturated rings. The average molecular weight is 424 g/mol. The summed E-state index contributed by atoms with van der Waals surface area (Å²) in [5.41, 5.74) is -0.236. The lowest BCUT2D eigenvalue weighted by Crippen LogP contribution is -2.54. The zero-order chi connectivity index (χ0) is 20.4. The lowest BCUT2D eigenvalue weighted by molar-refractivity contribution is -0.122. The van der Waals surface area contributed by atoms with Crippen LogP contribution in [0.4, 0.5) is 10.1 Å². The molecule has 1 N–H and O–H groups in total. The van der Waals surface area contributed by atoms with E-state index in [1.807, 2.05) is 30.3 Å². The number of anilines is 1. The third-order valence-electron chi connectivity index (χ3n) is 4.05. The maximum Gasteiger partial charge on any atom is 0.270 e. The van der Waals surface area contributed by atoms with Gasteiger partial charge >= 0.3 is 0 Å². The number of nitrogens with one attached hydrogen (secondary N) is 1. The van der Waals surface area contributed by atoms with Gasteiger partial charge in [-0.15, -0.1) is 0 Å². The van der Waals surface area contributed by atoms with Crippen LogP contribution in [0.3, 0.4) is 0 Å². The van der Waals surface area contributed by atoms with E-state index in [1.165, 1.54) is 36.0 Å². The molecule has 2 amide bonds. The van der Waals surface area contributed by atoms with E-state index in [1.54, 1.807) is 18.2 Å². The van der Waals surface area contributed by atoms with E-state index in [0.29, 0.717) is 10.9 Å².